The lowest BCUT2D eigenvalue weighted by Gasteiger charge is -2.28. The second kappa shape index (κ2) is 20.2. The van der Waals surface area contributed by atoms with Gasteiger partial charge in [0.2, 0.25) is 0 Å². The zero-order chi connectivity index (χ0) is 31.5. The Labute approximate surface area is 265 Å². The second-order valence-electron chi connectivity index (χ2n) is 11.8. The normalized spacial score (nSPS) is 15.0. The van der Waals surface area contributed by atoms with Crippen molar-refractivity contribution >= 4 is 27.3 Å². The molecule has 1 saturated heterocycles. The summed E-state index contributed by atoms with van der Waals surface area (Å²) in [7, 11) is -2.92. The molecule has 2 aromatic rings. The third kappa shape index (κ3) is 14.2. The molecule has 0 radical (unpaired) electrons. The number of sulfone groups is 1. The van der Waals surface area contributed by atoms with Crippen molar-refractivity contribution in [1.29, 1.82) is 0 Å². The van der Waals surface area contributed by atoms with Crippen molar-refractivity contribution in [1.82, 2.24) is 0 Å². The third-order valence-corrected chi connectivity index (χ3v) is 9.61. The first kappa shape index (κ1) is 35.5. The summed E-state index contributed by atoms with van der Waals surface area (Å²) < 4.78 is 41.1. The summed E-state index contributed by atoms with van der Waals surface area (Å²) in [6, 6.07) is 15.0. The molecule has 1 N–H and O–H groups in total. The largest absolute Gasteiger partial charge is 0.494 e. The van der Waals surface area contributed by atoms with Crippen LogP contribution in [0.1, 0.15) is 97.3 Å². The molecule has 9 heteroatoms. The number of ether oxygens (including phenoxy) is 3. The fourth-order valence-electron chi connectivity index (χ4n) is 5.22. The van der Waals surface area contributed by atoms with E-state index in [1.54, 1.807) is 0 Å². The molecule has 1 fully saturated rings. The lowest BCUT2D eigenvalue weighted by Crippen LogP contribution is -2.40. The summed E-state index contributed by atoms with van der Waals surface area (Å²) in [6.07, 6.45) is 14.4. The minimum absolute atomic E-state index is 0.183. The van der Waals surface area contributed by atoms with Gasteiger partial charge < -0.3 is 19.1 Å². The number of nitrogens with one attached hydrogen (secondary N) is 1. The van der Waals surface area contributed by atoms with Gasteiger partial charge in [-0.2, -0.15) is 0 Å². The Bertz CT molecular complexity index is 1160. The fourth-order valence-corrected chi connectivity index (χ4v) is 6.42. The SMILES string of the molecule is CCCCCCCCCCCCC(COc1ccc(N2CCS(=O)(=O)CC2)cc1)OC(=O)Nc1ccc(OCCCC)cc1. The van der Waals surface area contributed by atoms with Gasteiger partial charge in [-0.3, -0.25) is 5.32 Å². The van der Waals surface area contributed by atoms with E-state index in [1.165, 1.54) is 51.4 Å². The first-order valence-corrected chi connectivity index (χ1v) is 18.6. The van der Waals surface area contributed by atoms with Crippen molar-refractivity contribution in [2.24, 2.45) is 0 Å². The molecule has 246 valence electrons. The monoisotopic (exact) mass is 630 g/mol. The van der Waals surface area contributed by atoms with Gasteiger partial charge in [-0.15, -0.1) is 0 Å². The molecule has 1 aliphatic rings. The average molecular weight is 631 g/mol. The first-order chi connectivity index (χ1) is 21.4. The van der Waals surface area contributed by atoms with Crippen molar-refractivity contribution in [3.05, 3.63) is 48.5 Å². The fraction of sp³-hybridized carbons (Fsp3) is 0.629. The molecule has 1 aliphatic heterocycles. The molecule has 44 heavy (non-hydrogen) atoms. The number of unbranched alkanes of at least 4 members (excludes halogenated alkanes) is 10. The number of carbonyl (C=O) groups is 1. The molecule has 0 aromatic heterocycles. The molecule has 0 bridgehead atoms. The number of benzene rings is 2. The molecule has 8 nitrogen and oxygen atoms in total. The minimum atomic E-state index is -2.92. The molecular formula is C35H54N2O6S. The van der Waals surface area contributed by atoms with Crippen LogP contribution in [0.5, 0.6) is 11.5 Å². The smallest absolute Gasteiger partial charge is 0.412 e. The topological polar surface area (TPSA) is 94.2 Å². The zero-order valence-electron chi connectivity index (χ0n) is 26.9. The maximum Gasteiger partial charge on any atom is 0.412 e. The average Bonchev–Trinajstić information content (AvgIpc) is 3.02. The maximum atomic E-state index is 12.8. The van der Waals surface area contributed by atoms with E-state index in [9.17, 15) is 13.2 Å². The molecule has 0 aliphatic carbocycles. The van der Waals surface area contributed by atoms with Gasteiger partial charge in [0.1, 0.15) is 24.2 Å². The highest BCUT2D eigenvalue weighted by atomic mass is 32.2. The van der Waals surface area contributed by atoms with Crippen LogP contribution in [-0.2, 0) is 14.6 Å². The van der Waals surface area contributed by atoms with Crippen LogP contribution in [0.15, 0.2) is 48.5 Å². The highest BCUT2D eigenvalue weighted by Gasteiger charge is 2.22. The molecular weight excluding hydrogens is 576 g/mol. The van der Waals surface area contributed by atoms with E-state index >= 15 is 0 Å². The quantitative estimate of drug-likeness (QED) is 0.138. The Kier molecular flexibility index (Phi) is 16.3. The Morgan fingerprint density at radius 2 is 1.30 bits per heavy atom. The summed E-state index contributed by atoms with van der Waals surface area (Å²) in [5.74, 6) is 1.83. The number of hydrogen-bond donors (Lipinski definition) is 1. The van der Waals surface area contributed by atoms with Crippen LogP contribution in [0.2, 0.25) is 0 Å². The lowest BCUT2D eigenvalue weighted by molar-refractivity contribution is 0.0678. The molecule has 1 heterocycles. The maximum absolute atomic E-state index is 12.8. The summed E-state index contributed by atoms with van der Waals surface area (Å²) in [5, 5.41) is 2.83. The van der Waals surface area contributed by atoms with E-state index in [0.29, 0.717) is 31.1 Å². The van der Waals surface area contributed by atoms with E-state index in [-0.39, 0.29) is 24.2 Å². The Morgan fingerprint density at radius 1 is 0.750 bits per heavy atom. The molecule has 1 unspecified atom stereocenters. The predicted octanol–water partition coefficient (Wildman–Crippen LogP) is 8.41. The zero-order valence-corrected chi connectivity index (χ0v) is 27.8. The summed E-state index contributed by atoms with van der Waals surface area (Å²) in [4.78, 5) is 14.9. The van der Waals surface area contributed by atoms with Crippen molar-refractivity contribution in [3.8, 4) is 11.5 Å². The Balaban J connectivity index is 1.47. The highest BCUT2D eigenvalue weighted by Crippen LogP contribution is 2.23. The third-order valence-electron chi connectivity index (χ3n) is 8.00. The van der Waals surface area contributed by atoms with Gasteiger partial charge in [-0.1, -0.05) is 78.1 Å². The molecule has 1 amide bonds. The van der Waals surface area contributed by atoms with Crippen molar-refractivity contribution < 1.29 is 27.4 Å². The van der Waals surface area contributed by atoms with Crippen molar-refractivity contribution in [2.45, 2.75) is 103 Å². The first-order valence-electron chi connectivity index (χ1n) is 16.8. The van der Waals surface area contributed by atoms with Gasteiger partial charge >= 0.3 is 6.09 Å². The van der Waals surface area contributed by atoms with Crippen LogP contribution in [0, 0.1) is 0 Å². The van der Waals surface area contributed by atoms with Crippen LogP contribution >= 0.6 is 0 Å². The van der Waals surface area contributed by atoms with Gasteiger partial charge in [-0.25, -0.2) is 13.2 Å². The summed E-state index contributed by atoms with van der Waals surface area (Å²) in [6.45, 7) is 6.31. The van der Waals surface area contributed by atoms with Gasteiger partial charge in [0.25, 0.3) is 0 Å². The minimum Gasteiger partial charge on any atom is -0.494 e. The number of anilines is 2. The molecule has 0 saturated carbocycles. The number of nitrogens with zero attached hydrogens (tertiary/aromatic N) is 1. The van der Waals surface area contributed by atoms with Gasteiger partial charge in [0.15, 0.2) is 9.84 Å². The molecule has 3 rings (SSSR count). The van der Waals surface area contributed by atoms with Crippen LogP contribution in [0.25, 0.3) is 0 Å². The van der Waals surface area contributed by atoms with Crippen LogP contribution in [-0.4, -0.2) is 58.4 Å². The van der Waals surface area contributed by atoms with Gasteiger partial charge in [0.05, 0.1) is 18.1 Å². The highest BCUT2D eigenvalue weighted by molar-refractivity contribution is 7.91. The lowest BCUT2D eigenvalue weighted by atomic mass is 10.0. The predicted molar refractivity (Wildman–Crippen MR) is 180 cm³/mol. The number of hydrogen-bond acceptors (Lipinski definition) is 7. The van der Waals surface area contributed by atoms with Crippen LogP contribution < -0.4 is 19.7 Å². The summed E-state index contributed by atoms with van der Waals surface area (Å²) in [5.41, 5.74) is 1.63. The molecule has 2 aromatic carbocycles. The van der Waals surface area contributed by atoms with Crippen LogP contribution in [0.4, 0.5) is 16.2 Å². The summed E-state index contributed by atoms with van der Waals surface area (Å²) >= 11 is 0. The van der Waals surface area contributed by atoms with E-state index in [0.717, 1.165) is 43.5 Å². The molecule has 0 spiro atoms. The Morgan fingerprint density at radius 3 is 1.91 bits per heavy atom. The van der Waals surface area contributed by atoms with Crippen molar-refractivity contribution in [3.63, 3.8) is 0 Å². The second-order valence-corrected chi connectivity index (χ2v) is 14.1. The van der Waals surface area contributed by atoms with E-state index in [4.69, 9.17) is 14.2 Å². The van der Waals surface area contributed by atoms with E-state index in [2.05, 4.69) is 24.1 Å². The van der Waals surface area contributed by atoms with E-state index < -0.39 is 15.9 Å². The van der Waals surface area contributed by atoms with Crippen molar-refractivity contribution in [2.75, 3.05) is 48.0 Å². The number of carbonyl (C=O) groups excluding carboxylic acids is 1. The van der Waals surface area contributed by atoms with Crippen LogP contribution in [0.3, 0.4) is 0 Å². The molecule has 1 atom stereocenters. The number of amides is 1. The van der Waals surface area contributed by atoms with E-state index in [1.807, 2.05) is 48.5 Å². The van der Waals surface area contributed by atoms with Gasteiger partial charge in [-0.05, 0) is 67.8 Å². The van der Waals surface area contributed by atoms with Gasteiger partial charge in [0, 0.05) is 24.5 Å². The standard InChI is InChI=1S/C35H54N2O6S/c1-3-5-7-8-9-10-11-12-13-14-15-34(43-35(38)36-30-16-20-32(21-17-30)41-26-6-4-2)29-42-33-22-18-31(19-23-33)37-24-27-44(39,40)28-25-37/h16-23,34H,3-15,24-29H2,1-2H3,(H,36,38). The number of rotatable bonds is 21. The Hall–Kier alpha value is -2.94.